The van der Waals surface area contributed by atoms with Gasteiger partial charge < -0.3 is 15.2 Å². The lowest BCUT2D eigenvalue weighted by Gasteiger charge is -2.12. The molecule has 0 saturated carbocycles. The number of methoxy groups -OCH3 is 1. The molecule has 1 atom stereocenters. The highest BCUT2D eigenvalue weighted by Crippen LogP contribution is 2.10. The summed E-state index contributed by atoms with van der Waals surface area (Å²) in [6.07, 6.45) is 0. The summed E-state index contributed by atoms with van der Waals surface area (Å²) >= 11 is 0. The fraction of sp³-hybridized carbons (Fsp3) is 0.364. The van der Waals surface area contributed by atoms with Crippen molar-refractivity contribution >= 4 is 5.91 Å². The molecule has 0 spiro atoms. The second-order valence-corrected chi connectivity index (χ2v) is 3.38. The Morgan fingerprint density at radius 3 is 2.93 bits per heavy atom. The molecule has 15 heavy (non-hydrogen) atoms. The van der Waals surface area contributed by atoms with Gasteiger partial charge in [-0.05, 0) is 25.1 Å². The molecule has 1 aromatic rings. The third-order valence-electron chi connectivity index (χ3n) is 1.90. The van der Waals surface area contributed by atoms with Crippen LogP contribution in [0.5, 0.6) is 5.75 Å². The maximum Gasteiger partial charge on any atom is 0.251 e. The van der Waals surface area contributed by atoms with Crippen LogP contribution >= 0.6 is 0 Å². The zero-order valence-electron chi connectivity index (χ0n) is 8.86. The van der Waals surface area contributed by atoms with Gasteiger partial charge in [-0.25, -0.2) is 0 Å². The van der Waals surface area contributed by atoms with Gasteiger partial charge in [0.1, 0.15) is 5.75 Å². The number of ether oxygens (including phenoxy) is 1. The van der Waals surface area contributed by atoms with Crippen molar-refractivity contribution in [1.29, 1.82) is 0 Å². The Morgan fingerprint density at radius 2 is 2.33 bits per heavy atom. The van der Waals surface area contributed by atoms with Gasteiger partial charge in [-0.15, -0.1) is 0 Å². The first-order chi connectivity index (χ1) is 7.13. The summed E-state index contributed by atoms with van der Waals surface area (Å²) in [5, 5.41) is 11.9. The van der Waals surface area contributed by atoms with Crippen molar-refractivity contribution in [3.63, 3.8) is 0 Å². The van der Waals surface area contributed by atoms with Gasteiger partial charge in [-0.1, -0.05) is 6.07 Å². The van der Waals surface area contributed by atoms with Crippen LogP contribution in [-0.4, -0.2) is 30.8 Å². The maximum atomic E-state index is 11.6. The van der Waals surface area contributed by atoms with Crippen LogP contribution in [-0.2, 0) is 4.74 Å². The highest BCUT2D eigenvalue weighted by Gasteiger charge is 2.09. The van der Waals surface area contributed by atoms with Crippen LogP contribution < -0.4 is 5.32 Å². The van der Waals surface area contributed by atoms with Crippen molar-refractivity contribution in [1.82, 2.24) is 5.32 Å². The number of nitrogens with one attached hydrogen (secondary N) is 1. The minimum Gasteiger partial charge on any atom is -0.508 e. The van der Waals surface area contributed by atoms with Gasteiger partial charge in [0.25, 0.3) is 5.91 Å². The van der Waals surface area contributed by atoms with E-state index in [0.717, 1.165) is 0 Å². The Hall–Kier alpha value is -1.55. The monoisotopic (exact) mass is 209 g/mol. The first-order valence-electron chi connectivity index (χ1n) is 4.72. The van der Waals surface area contributed by atoms with Crippen molar-refractivity contribution in [2.45, 2.75) is 13.0 Å². The Morgan fingerprint density at radius 1 is 1.60 bits per heavy atom. The molecular weight excluding hydrogens is 194 g/mol. The highest BCUT2D eigenvalue weighted by atomic mass is 16.5. The molecule has 1 unspecified atom stereocenters. The number of phenolic OH excluding ortho intramolecular Hbond substituents is 1. The largest absolute Gasteiger partial charge is 0.508 e. The van der Waals surface area contributed by atoms with Gasteiger partial charge in [-0.2, -0.15) is 0 Å². The number of carbonyl (C=O) groups excluding carboxylic acids is 1. The van der Waals surface area contributed by atoms with Gasteiger partial charge >= 0.3 is 0 Å². The van der Waals surface area contributed by atoms with Crippen molar-refractivity contribution in [2.75, 3.05) is 13.7 Å². The molecule has 0 aliphatic heterocycles. The van der Waals surface area contributed by atoms with Crippen molar-refractivity contribution in [3.05, 3.63) is 29.8 Å². The van der Waals surface area contributed by atoms with E-state index in [9.17, 15) is 9.90 Å². The topological polar surface area (TPSA) is 58.6 Å². The third kappa shape index (κ3) is 3.59. The normalized spacial score (nSPS) is 12.1. The third-order valence-corrected chi connectivity index (χ3v) is 1.90. The van der Waals surface area contributed by atoms with E-state index in [0.29, 0.717) is 12.2 Å². The lowest BCUT2D eigenvalue weighted by molar-refractivity contribution is 0.0905. The molecular formula is C11H15NO3. The van der Waals surface area contributed by atoms with Gasteiger partial charge in [-0.3, -0.25) is 4.79 Å². The Labute approximate surface area is 88.9 Å². The second-order valence-electron chi connectivity index (χ2n) is 3.38. The fourth-order valence-electron chi connectivity index (χ4n) is 1.25. The molecule has 2 N–H and O–H groups in total. The Balaban J connectivity index is 2.61. The average molecular weight is 209 g/mol. The van der Waals surface area contributed by atoms with Gasteiger partial charge in [0.15, 0.2) is 0 Å². The lowest BCUT2D eigenvalue weighted by atomic mass is 10.2. The van der Waals surface area contributed by atoms with Crippen LogP contribution in [0, 0.1) is 0 Å². The first-order valence-corrected chi connectivity index (χ1v) is 4.72. The Kier molecular flexibility index (Phi) is 4.12. The number of hydrogen-bond acceptors (Lipinski definition) is 3. The van der Waals surface area contributed by atoms with Crippen LogP contribution in [0.25, 0.3) is 0 Å². The van der Waals surface area contributed by atoms with E-state index in [1.807, 2.05) is 6.92 Å². The molecule has 4 nitrogen and oxygen atoms in total. The highest BCUT2D eigenvalue weighted by molar-refractivity contribution is 5.94. The van der Waals surface area contributed by atoms with Crippen LogP contribution in [0.1, 0.15) is 17.3 Å². The van der Waals surface area contributed by atoms with E-state index in [-0.39, 0.29) is 17.7 Å². The summed E-state index contributed by atoms with van der Waals surface area (Å²) in [5.41, 5.74) is 0.443. The molecule has 0 aliphatic carbocycles. The van der Waals surface area contributed by atoms with E-state index in [4.69, 9.17) is 4.74 Å². The zero-order valence-corrected chi connectivity index (χ0v) is 8.86. The number of amides is 1. The van der Waals surface area contributed by atoms with Crippen LogP contribution in [0.3, 0.4) is 0 Å². The molecule has 1 aromatic carbocycles. The molecule has 1 rings (SSSR count). The smallest absolute Gasteiger partial charge is 0.251 e. The molecule has 0 aromatic heterocycles. The summed E-state index contributed by atoms with van der Waals surface area (Å²) < 4.78 is 4.90. The first kappa shape index (κ1) is 11.5. The molecule has 0 heterocycles. The standard InChI is InChI=1S/C11H15NO3/c1-8(7-15-2)12-11(14)9-4-3-5-10(13)6-9/h3-6,8,13H,7H2,1-2H3,(H,12,14). The van der Waals surface area contributed by atoms with Gasteiger partial charge in [0, 0.05) is 18.7 Å². The zero-order chi connectivity index (χ0) is 11.3. The predicted octanol–water partition coefficient (Wildman–Crippen LogP) is 1.16. The number of hydrogen-bond donors (Lipinski definition) is 2. The number of benzene rings is 1. The summed E-state index contributed by atoms with van der Waals surface area (Å²) in [7, 11) is 1.58. The summed E-state index contributed by atoms with van der Waals surface area (Å²) in [5.74, 6) is -0.127. The minimum atomic E-state index is -0.213. The molecule has 0 radical (unpaired) electrons. The van der Waals surface area contributed by atoms with Crippen LogP contribution in [0.2, 0.25) is 0 Å². The summed E-state index contributed by atoms with van der Waals surface area (Å²) in [6, 6.07) is 6.18. The summed E-state index contributed by atoms with van der Waals surface area (Å²) in [6.45, 7) is 2.31. The summed E-state index contributed by atoms with van der Waals surface area (Å²) in [4.78, 5) is 11.6. The fourth-order valence-corrected chi connectivity index (χ4v) is 1.25. The van der Waals surface area contributed by atoms with E-state index >= 15 is 0 Å². The van der Waals surface area contributed by atoms with Gasteiger partial charge in [0.05, 0.1) is 6.61 Å². The van der Waals surface area contributed by atoms with E-state index < -0.39 is 0 Å². The van der Waals surface area contributed by atoms with E-state index in [1.165, 1.54) is 12.1 Å². The molecule has 0 saturated heterocycles. The number of rotatable bonds is 4. The van der Waals surface area contributed by atoms with Crippen LogP contribution in [0.15, 0.2) is 24.3 Å². The average Bonchev–Trinajstić information content (AvgIpc) is 2.18. The number of phenols is 1. The molecule has 0 aliphatic rings. The van der Waals surface area contributed by atoms with Crippen molar-refractivity contribution in [2.24, 2.45) is 0 Å². The number of aromatic hydroxyl groups is 1. The van der Waals surface area contributed by atoms with E-state index in [1.54, 1.807) is 19.2 Å². The van der Waals surface area contributed by atoms with Gasteiger partial charge in [0.2, 0.25) is 0 Å². The van der Waals surface area contributed by atoms with Crippen LogP contribution in [0.4, 0.5) is 0 Å². The van der Waals surface area contributed by atoms with E-state index in [2.05, 4.69) is 5.32 Å². The molecule has 0 bridgehead atoms. The SMILES string of the molecule is COCC(C)NC(=O)c1cccc(O)c1. The number of carbonyl (C=O) groups is 1. The molecule has 0 fully saturated rings. The van der Waals surface area contributed by atoms with Crippen molar-refractivity contribution < 1.29 is 14.6 Å². The Bertz CT molecular complexity index is 338. The molecule has 82 valence electrons. The van der Waals surface area contributed by atoms with Crippen molar-refractivity contribution in [3.8, 4) is 5.75 Å². The second kappa shape index (κ2) is 5.36. The minimum absolute atomic E-state index is 0.0511. The molecule has 4 heteroatoms. The molecule has 1 amide bonds. The lowest BCUT2D eigenvalue weighted by Crippen LogP contribution is -2.35. The predicted molar refractivity (Wildman–Crippen MR) is 56.9 cm³/mol. The maximum absolute atomic E-state index is 11.6. The quantitative estimate of drug-likeness (QED) is 0.782.